The second-order valence-corrected chi connectivity index (χ2v) is 7.91. The zero-order valence-electron chi connectivity index (χ0n) is 14.0. The summed E-state index contributed by atoms with van der Waals surface area (Å²) >= 11 is 0. The van der Waals surface area contributed by atoms with E-state index in [0.29, 0.717) is 0 Å². The predicted octanol–water partition coefficient (Wildman–Crippen LogP) is 3.50. The van der Waals surface area contributed by atoms with Crippen molar-refractivity contribution in [1.82, 2.24) is 4.72 Å². The van der Waals surface area contributed by atoms with E-state index in [2.05, 4.69) is 4.72 Å². The average molecular weight is 399 g/mol. The van der Waals surface area contributed by atoms with Crippen LogP contribution in [0.25, 0.3) is 0 Å². The van der Waals surface area contributed by atoms with E-state index >= 15 is 0 Å². The quantitative estimate of drug-likeness (QED) is 0.755. The molecule has 1 saturated carbocycles. The van der Waals surface area contributed by atoms with Gasteiger partial charge in [-0.05, 0) is 54.8 Å². The lowest BCUT2D eigenvalue weighted by molar-refractivity contribution is -0.137. The number of nitrogens with one attached hydrogen (secondary N) is 1. The number of halogens is 3. The van der Waals surface area contributed by atoms with E-state index in [0.717, 1.165) is 25.0 Å². The Morgan fingerprint density at radius 1 is 1.11 bits per heavy atom. The molecule has 0 radical (unpaired) electrons. The van der Waals surface area contributed by atoms with Crippen LogP contribution in [0.5, 0.6) is 0 Å². The Morgan fingerprint density at radius 3 is 2.37 bits per heavy atom. The van der Waals surface area contributed by atoms with Crippen molar-refractivity contribution in [1.29, 1.82) is 0 Å². The first-order valence-corrected chi connectivity index (χ1v) is 9.59. The summed E-state index contributed by atoms with van der Waals surface area (Å²) in [7, 11) is -3.62. The zero-order valence-corrected chi connectivity index (χ0v) is 14.8. The number of ether oxygens (including phenoxy) is 1. The first kappa shape index (κ1) is 19.4. The molecule has 2 aromatic rings. The van der Waals surface area contributed by atoms with Gasteiger partial charge in [-0.15, -0.1) is 0 Å². The van der Waals surface area contributed by atoms with Crippen LogP contribution in [0.15, 0.2) is 53.4 Å². The van der Waals surface area contributed by atoms with Crippen LogP contribution in [0, 0.1) is 0 Å². The molecule has 27 heavy (non-hydrogen) atoms. The second-order valence-electron chi connectivity index (χ2n) is 6.19. The molecule has 1 aliphatic carbocycles. The number of alkyl halides is 3. The van der Waals surface area contributed by atoms with Gasteiger partial charge in [0, 0.05) is 6.04 Å². The summed E-state index contributed by atoms with van der Waals surface area (Å²) in [4.78, 5) is 12.1. The van der Waals surface area contributed by atoms with Crippen LogP contribution in [0.1, 0.15) is 34.3 Å². The van der Waals surface area contributed by atoms with Gasteiger partial charge in [0.15, 0.2) is 0 Å². The largest absolute Gasteiger partial charge is 0.457 e. The molecule has 0 atom stereocenters. The summed E-state index contributed by atoms with van der Waals surface area (Å²) < 4.78 is 69.7. The molecule has 0 aromatic heterocycles. The maximum absolute atomic E-state index is 12.7. The molecule has 2 aromatic carbocycles. The zero-order chi connectivity index (χ0) is 19.7. The molecule has 144 valence electrons. The Morgan fingerprint density at radius 2 is 1.78 bits per heavy atom. The molecule has 9 heteroatoms. The van der Waals surface area contributed by atoms with Gasteiger partial charge in [-0.2, -0.15) is 13.2 Å². The minimum Gasteiger partial charge on any atom is -0.457 e. The van der Waals surface area contributed by atoms with Gasteiger partial charge in [-0.1, -0.05) is 12.1 Å². The third-order valence-electron chi connectivity index (χ3n) is 3.92. The van der Waals surface area contributed by atoms with Gasteiger partial charge < -0.3 is 4.74 Å². The van der Waals surface area contributed by atoms with Crippen LogP contribution < -0.4 is 4.72 Å². The lowest BCUT2D eigenvalue weighted by atomic mass is 10.1. The smallest absolute Gasteiger partial charge is 0.416 e. The number of hydrogen-bond acceptors (Lipinski definition) is 4. The molecule has 1 fully saturated rings. The number of carbonyl (C=O) groups is 1. The lowest BCUT2D eigenvalue weighted by Gasteiger charge is -2.10. The van der Waals surface area contributed by atoms with Gasteiger partial charge in [0.05, 0.1) is 16.0 Å². The van der Waals surface area contributed by atoms with Crippen molar-refractivity contribution in [2.24, 2.45) is 0 Å². The lowest BCUT2D eigenvalue weighted by Crippen LogP contribution is -2.25. The highest BCUT2D eigenvalue weighted by Crippen LogP contribution is 2.29. The summed E-state index contributed by atoms with van der Waals surface area (Å²) in [5, 5.41) is 0. The molecule has 0 heterocycles. The van der Waals surface area contributed by atoms with Gasteiger partial charge in [-0.3, -0.25) is 0 Å². The number of esters is 1. The van der Waals surface area contributed by atoms with E-state index in [-0.39, 0.29) is 28.7 Å². The van der Waals surface area contributed by atoms with E-state index in [1.807, 2.05) is 0 Å². The van der Waals surface area contributed by atoms with Gasteiger partial charge in [-0.25, -0.2) is 17.9 Å². The molecule has 1 N–H and O–H groups in total. The fourth-order valence-corrected chi connectivity index (χ4v) is 3.63. The second kappa shape index (κ2) is 7.32. The molecule has 0 amide bonds. The van der Waals surface area contributed by atoms with E-state index < -0.39 is 27.7 Å². The summed E-state index contributed by atoms with van der Waals surface area (Å²) in [6.07, 6.45) is -2.87. The van der Waals surface area contributed by atoms with Crippen LogP contribution in [0.2, 0.25) is 0 Å². The highest BCUT2D eigenvalue weighted by atomic mass is 32.2. The van der Waals surface area contributed by atoms with Crippen molar-refractivity contribution in [3.05, 3.63) is 65.2 Å². The number of sulfonamides is 1. The van der Waals surface area contributed by atoms with Crippen molar-refractivity contribution in [2.45, 2.75) is 36.6 Å². The third kappa shape index (κ3) is 5.08. The first-order valence-electron chi connectivity index (χ1n) is 8.11. The van der Waals surface area contributed by atoms with Crippen molar-refractivity contribution in [3.63, 3.8) is 0 Å². The molecule has 0 unspecified atom stereocenters. The first-order chi connectivity index (χ1) is 12.6. The van der Waals surface area contributed by atoms with Crippen LogP contribution in [-0.4, -0.2) is 20.4 Å². The molecule has 1 aliphatic rings. The van der Waals surface area contributed by atoms with Crippen LogP contribution in [0.4, 0.5) is 13.2 Å². The summed E-state index contributed by atoms with van der Waals surface area (Å²) in [5.74, 6) is -0.758. The fourth-order valence-electron chi connectivity index (χ4n) is 2.33. The Labute approximate surface area is 154 Å². The van der Waals surface area contributed by atoms with Crippen molar-refractivity contribution in [3.8, 4) is 0 Å². The molecule has 0 aliphatic heterocycles. The maximum Gasteiger partial charge on any atom is 0.416 e. The number of rotatable bonds is 6. The Hall–Kier alpha value is -2.39. The summed E-state index contributed by atoms with van der Waals surface area (Å²) in [6, 6.07) is 9.63. The van der Waals surface area contributed by atoms with Gasteiger partial charge in [0.25, 0.3) is 0 Å². The van der Waals surface area contributed by atoms with Crippen molar-refractivity contribution >= 4 is 16.0 Å². The Balaban J connectivity index is 1.63. The monoisotopic (exact) mass is 399 g/mol. The highest BCUT2D eigenvalue weighted by Gasteiger charge is 2.30. The molecular weight excluding hydrogens is 383 g/mol. The number of benzene rings is 2. The normalized spacial score (nSPS) is 14.8. The third-order valence-corrected chi connectivity index (χ3v) is 5.46. The Bertz CT molecular complexity index is 936. The van der Waals surface area contributed by atoms with E-state index in [4.69, 9.17) is 4.74 Å². The van der Waals surface area contributed by atoms with Crippen LogP contribution >= 0.6 is 0 Å². The molecule has 0 saturated heterocycles. The molecular formula is C18H16F3NO4S. The minimum atomic E-state index is -4.48. The highest BCUT2D eigenvalue weighted by molar-refractivity contribution is 7.89. The molecule has 0 bridgehead atoms. The van der Waals surface area contributed by atoms with Gasteiger partial charge >= 0.3 is 12.1 Å². The van der Waals surface area contributed by atoms with Crippen LogP contribution in [0.3, 0.4) is 0 Å². The fraction of sp³-hybridized carbons (Fsp3) is 0.278. The number of hydrogen-bond donors (Lipinski definition) is 1. The van der Waals surface area contributed by atoms with E-state index in [9.17, 15) is 26.4 Å². The SMILES string of the molecule is O=C(OCc1cccc(C(F)(F)F)c1)c1ccc(S(=O)(=O)NC2CC2)cc1. The van der Waals surface area contributed by atoms with E-state index in [1.165, 1.54) is 36.4 Å². The average Bonchev–Trinajstić information content (AvgIpc) is 3.42. The molecule has 0 spiro atoms. The predicted molar refractivity (Wildman–Crippen MR) is 90.3 cm³/mol. The Kier molecular flexibility index (Phi) is 5.25. The summed E-state index contributed by atoms with van der Waals surface area (Å²) in [6.45, 7) is -0.327. The number of carbonyl (C=O) groups excluding carboxylic acids is 1. The van der Waals surface area contributed by atoms with Crippen LogP contribution in [-0.2, 0) is 27.5 Å². The van der Waals surface area contributed by atoms with E-state index in [1.54, 1.807) is 0 Å². The molecule has 3 rings (SSSR count). The van der Waals surface area contributed by atoms with Gasteiger partial charge in [0.2, 0.25) is 10.0 Å². The standard InChI is InChI=1S/C18H16F3NO4S/c19-18(20,21)14-3-1-2-12(10-14)11-26-17(23)13-4-8-16(9-5-13)27(24,25)22-15-6-7-15/h1-5,8-10,15,22H,6-7,11H2. The maximum atomic E-state index is 12.7. The van der Waals surface area contributed by atoms with Crippen molar-refractivity contribution in [2.75, 3.05) is 0 Å². The molecule has 5 nitrogen and oxygen atoms in total. The van der Waals surface area contributed by atoms with Gasteiger partial charge in [0.1, 0.15) is 6.61 Å². The summed E-state index contributed by atoms with van der Waals surface area (Å²) in [5.41, 5.74) is -0.521. The minimum absolute atomic E-state index is 0.0313. The van der Waals surface area contributed by atoms with Crippen molar-refractivity contribution < 1.29 is 31.1 Å². The topological polar surface area (TPSA) is 72.5 Å².